The summed E-state index contributed by atoms with van der Waals surface area (Å²) in [5.41, 5.74) is 1.97. The van der Waals surface area contributed by atoms with E-state index in [4.69, 9.17) is 16.3 Å². The van der Waals surface area contributed by atoms with Gasteiger partial charge < -0.3 is 19.6 Å². The molecule has 4 rings (SSSR count). The van der Waals surface area contributed by atoms with Gasteiger partial charge in [-0.2, -0.15) is 0 Å². The summed E-state index contributed by atoms with van der Waals surface area (Å²) >= 11 is 6.33. The molecule has 0 radical (unpaired) electrons. The highest BCUT2D eigenvalue weighted by Gasteiger charge is 2.41. The number of benzene rings is 1. The number of amides is 2. The SMILES string of the molecule is Cc1cc(OC[C@]2(CC(=O)N3CCC(O)CC3)CCCN(C(=O)c3ccncc3)C2)cc(C)c1Cl. The van der Waals surface area contributed by atoms with E-state index in [1.165, 1.54) is 0 Å². The van der Waals surface area contributed by atoms with Gasteiger partial charge in [0.1, 0.15) is 5.75 Å². The number of aromatic nitrogens is 1. The first-order chi connectivity index (χ1) is 16.8. The van der Waals surface area contributed by atoms with Crippen molar-refractivity contribution in [2.75, 3.05) is 32.8 Å². The van der Waals surface area contributed by atoms with Crippen LogP contribution in [0.3, 0.4) is 0 Å². The molecule has 0 saturated carbocycles. The fourth-order valence-electron chi connectivity index (χ4n) is 5.15. The zero-order valence-electron chi connectivity index (χ0n) is 20.5. The lowest BCUT2D eigenvalue weighted by molar-refractivity contribution is -0.137. The zero-order valence-corrected chi connectivity index (χ0v) is 21.3. The lowest BCUT2D eigenvalue weighted by Crippen LogP contribution is -2.51. The molecule has 7 nitrogen and oxygen atoms in total. The Bertz CT molecular complexity index is 1030. The van der Waals surface area contributed by atoms with E-state index in [0.717, 1.165) is 34.7 Å². The number of carbonyl (C=O) groups is 2. The number of nitrogens with zero attached hydrogens (tertiary/aromatic N) is 3. The maximum absolute atomic E-state index is 13.3. The molecule has 2 saturated heterocycles. The van der Waals surface area contributed by atoms with Crippen LogP contribution in [0, 0.1) is 19.3 Å². The monoisotopic (exact) mass is 499 g/mol. The highest BCUT2D eigenvalue weighted by atomic mass is 35.5. The molecule has 188 valence electrons. The Morgan fingerprint density at radius 2 is 1.77 bits per heavy atom. The van der Waals surface area contributed by atoms with Crippen LogP contribution in [0.25, 0.3) is 0 Å². The Balaban J connectivity index is 1.54. The summed E-state index contributed by atoms with van der Waals surface area (Å²) in [6, 6.07) is 7.27. The van der Waals surface area contributed by atoms with E-state index in [-0.39, 0.29) is 17.9 Å². The topological polar surface area (TPSA) is 83.0 Å². The van der Waals surface area contributed by atoms with Gasteiger partial charge in [-0.25, -0.2) is 0 Å². The van der Waals surface area contributed by atoms with E-state index in [9.17, 15) is 14.7 Å². The normalized spacial score (nSPS) is 21.1. The number of rotatable bonds is 6. The van der Waals surface area contributed by atoms with Crippen molar-refractivity contribution in [3.05, 3.63) is 58.4 Å². The quantitative estimate of drug-likeness (QED) is 0.649. The Kier molecular flexibility index (Phi) is 7.97. The maximum Gasteiger partial charge on any atom is 0.253 e. The highest BCUT2D eigenvalue weighted by Crippen LogP contribution is 2.37. The smallest absolute Gasteiger partial charge is 0.253 e. The van der Waals surface area contributed by atoms with Crippen molar-refractivity contribution in [3.8, 4) is 5.75 Å². The molecule has 35 heavy (non-hydrogen) atoms. The second-order valence-electron chi connectivity index (χ2n) is 10.0. The van der Waals surface area contributed by atoms with Crippen molar-refractivity contribution in [1.82, 2.24) is 14.8 Å². The van der Waals surface area contributed by atoms with Crippen LogP contribution in [0.5, 0.6) is 5.75 Å². The highest BCUT2D eigenvalue weighted by molar-refractivity contribution is 6.32. The molecule has 2 aliphatic heterocycles. The largest absolute Gasteiger partial charge is 0.493 e. The molecule has 0 bridgehead atoms. The number of piperidine rings is 2. The number of aryl methyl sites for hydroxylation is 2. The maximum atomic E-state index is 13.3. The molecule has 1 atom stereocenters. The van der Waals surface area contributed by atoms with E-state index in [2.05, 4.69) is 4.98 Å². The molecule has 3 heterocycles. The van der Waals surface area contributed by atoms with Crippen molar-refractivity contribution in [2.45, 2.75) is 52.1 Å². The number of hydrogen-bond acceptors (Lipinski definition) is 5. The third-order valence-corrected chi connectivity index (χ3v) is 7.77. The summed E-state index contributed by atoms with van der Waals surface area (Å²) in [5, 5.41) is 10.6. The van der Waals surface area contributed by atoms with E-state index >= 15 is 0 Å². The van der Waals surface area contributed by atoms with Gasteiger partial charge in [0.25, 0.3) is 5.91 Å². The summed E-state index contributed by atoms with van der Waals surface area (Å²) < 4.78 is 6.29. The molecule has 2 amide bonds. The van der Waals surface area contributed by atoms with Crippen LogP contribution in [0.15, 0.2) is 36.7 Å². The standard InChI is InChI=1S/C27H34ClN3O4/c1-19-14-23(15-20(2)25(19)28)35-18-27(16-24(33)30-12-6-22(32)7-13-30)8-3-11-31(17-27)26(34)21-4-9-29-10-5-21/h4-5,9-10,14-15,22,32H,3,6-8,11-13,16-18H2,1-2H3/t27-/m0/s1. The fourth-order valence-corrected chi connectivity index (χ4v) is 5.25. The Morgan fingerprint density at radius 1 is 1.11 bits per heavy atom. The van der Waals surface area contributed by atoms with Crippen molar-refractivity contribution in [1.29, 1.82) is 0 Å². The molecule has 0 aliphatic carbocycles. The molecule has 2 aromatic rings. The Morgan fingerprint density at radius 3 is 2.43 bits per heavy atom. The van der Waals surface area contributed by atoms with Crippen LogP contribution in [0.1, 0.15) is 53.6 Å². The minimum Gasteiger partial charge on any atom is -0.493 e. The minimum atomic E-state index is -0.504. The van der Waals surface area contributed by atoms with E-state index in [1.807, 2.05) is 35.8 Å². The first-order valence-electron chi connectivity index (χ1n) is 12.3. The molecule has 1 aromatic heterocycles. The van der Waals surface area contributed by atoms with Gasteiger partial charge >= 0.3 is 0 Å². The number of pyridine rings is 1. The summed E-state index contributed by atoms with van der Waals surface area (Å²) in [4.78, 5) is 34.3. The molecule has 1 N–H and O–H groups in total. The molecule has 2 aliphatic rings. The van der Waals surface area contributed by atoms with Crippen molar-refractivity contribution >= 4 is 23.4 Å². The zero-order chi connectivity index (χ0) is 25.0. The van der Waals surface area contributed by atoms with Crippen LogP contribution >= 0.6 is 11.6 Å². The second kappa shape index (κ2) is 11.0. The molecule has 2 fully saturated rings. The molecule has 0 spiro atoms. The summed E-state index contributed by atoms with van der Waals surface area (Å²) in [7, 11) is 0. The van der Waals surface area contributed by atoms with Crippen molar-refractivity contribution in [3.63, 3.8) is 0 Å². The number of carbonyl (C=O) groups excluding carboxylic acids is 2. The van der Waals surface area contributed by atoms with E-state index in [0.29, 0.717) is 57.6 Å². The number of ether oxygens (including phenoxy) is 1. The first kappa shape index (κ1) is 25.5. The third-order valence-electron chi connectivity index (χ3n) is 7.17. The average molecular weight is 500 g/mol. The van der Waals surface area contributed by atoms with Crippen molar-refractivity contribution < 1.29 is 19.4 Å². The van der Waals surface area contributed by atoms with Crippen LogP contribution in [-0.4, -0.2) is 70.6 Å². The van der Waals surface area contributed by atoms with Gasteiger partial charge in [0.2, 0.25) is 5.91 Å². The lowest BCUT2D eigenvalue weighted by atomic mass is 9.77. The number of likely N-dealkylation sites (tertiary alicyclic amines) is 2. The first-order valence-corrected chi connectivity index (χ1v) is 12.7. The van der Waals surface area contributed by atoms with Gasteiger partial charge in [0, 0.05) is 61.0 Å². The van der Waals surface area contributed by atoms with Crippen molar-refractivity contribution in [2.24, 2.45) is 5.41 Å². The van der Waals surface area contributed by atoms with Gasteiger partial charge in [-0.05, 0) is 74.9 Å². The van der Waals surface area contributed by atoms with Crippen LogP contribution in [0.2, 0.25) is 5.02 Å². The predicted octanol–water partition coefficient (Wildman–Crippen LogP) is 4.03. The summed E-state index contributed by atoms with van der Waals surface area (Å²) in [6.07, 6.45) is 5.99. The average Bonchev–Trinajstić information content (AvgIpc) is 2.86. The molecule has 1 aromatic carbocycles. The summed E-state index contributed by atoms with van der Waals surface area (Å²) in [6.45, 7) is 6.44. The van der Waals surface area contributed by atoms with E-state index < -0.39 is 5.41 Å². The number of aliphatic hydroxyl groups excluding tert-OH is 1. The lowest BCUT2D eigenvalue weighted by Gasteiger charge is -2.43. The molecular formula is C27H34ClN3O4. The fraction of sp³-hybridized carbons (Fsp3) is 0.519. The van der Waals surface area contributed by atoms with Gasteiger partial charge in [0.15, 0.2) is 0 Å². The van der Waals surface area contributed by atoms with Gasteiger partial charge in [-0.3, -0.25) is 14.6 Å². The predicted molar refractivity (Wildman–Crippen MR) is 135 cm³/mol. The minimum absolute atomic E-state index is 0.0526. The Hall–Kier alpha value is -2.64. The second-order valence-corrected chi connectivity index (χ2v) is 10.4. The molecular weight excluding hydrogens is 466 g/mol. The molecule has 0 unspecified atom stereocenters. The molecule has 8 heteroatoms. The van der Waals surface area contributed by atoms with Crippen LogP contribution in [0.4, 0.5) is 0 Å². The number of hydrogen-bond donors (Lipinski definition) is 1. The van der Waals surface area contributed by atoms with Gasteiger partial charge in [0.05, 0.1) is 12.7 Å². The van der Waals surface area contributed by atoms with Crippen LogP contribution < -0.4 is 4.74 Å². The third kappa shape index (κ3) is 6.14. The number of aliphatic hydroxyl groups is 1. The van der Waals surface area contributed by atoms with Gasteiger partial charge in [-0.15, -0.1) is 0 Å². The number of halogens is 1. The van der Waals surface area contributed by atoms with Gasteiger partial charge in [-0.1, -0.05) is 11.6 Å². The Labute approximate surface area is 212 Å². The van der Waals surface area contributed by atoms with Crippen LogP contribution in [-0.2, 0) is 4.79 Å². The van der Waals surface area contributed by atoms with E-state index in [1.54, 1.807) is 24.5 Å². The summed E-state index contributed by atoms with van der Waals surface area (Å²) in [5.74, 6) is 0.722.